The Morgan fingerprint density at radius 1 is 1.27 bits per heavy atom. The van der Waals surface area contributed by atoms with Gasteiger partial charge in [-0.1, -0.05) is 12.2 Å². The van der Waals surface area contributed by atoms with Crippen LogP contribution in [-0.4, -0.2) is 26.2 Å². The summed E-state index contributed by atoms with van der Waals surface area (Å²) in [5.41, 5.74) is -0.571. The zero-order chi connectivity index (χ0) is 11.1. The van der Waals surface area contributed by atoms with Crippen LogP contribution in [-0.2, 0) is 19.1 Å². The molecule has 0 aliphatic heterocycles. The number of rotatable bonds is 2. The number of ether oxygens (including phenoxy) is 2. The van der Waals surface area contributed by atoms with Crippen molar-refractivity contribution < 1.29 is 19.1 Å². The van der Waals surface area contributed by atoms with E-state index in [1.807, 2.05) is 12.2 Å². The molecule has 3 atom stereocenters. The third-order valence-electron chi connectivity index (χ3n) is 3.46. The minimum atomic E-state index is -0.571. The molecular weight excluding hydrogens is 196 g/mol. The molecule has 0 aromatic carbocycles. The molecule has 0 saturated heterocycles. The molecule has 2 rings (SSSR count). The molecule has 0 aromatic heterocycles. The van der Waals surface area contributed by atoms with Crippen LogP contribution in [0.25, 0.3) is 0 Å². The summed E-state index contributed by atoms with van der Waals surface area (Å²) in [6.45, 7) is 0. The second-order valence-corrected chi connectivity index (χ2v) is 4.21. The van der Waals surface area contributed by atoms with Crippen LogP contribution in [0.1, 0.15) is 12.8 Å². The summed E-state index contributed by atoms with van der Waals surface area (Å²) in [7, 11) is 2.76. The molecule has 0 aromatic rings. The fourth-order valence-corrected chi connectivity index (χ4v) is 2.68. The molecule has 4 heteroatoms. The van der Waals surface area contributed by atoms with Gasteiger partial charge in [0.15, 0.2) is 0 Å². The van der Waals surface area contributed by atoms with Crippen LogP contribution < -0.4 is 0 Å². The summed E-state index contributed by atoms with van der Waals surface area (Å²) in [6.07, 6.45) is 5.01. The van der Waals surface area contributed by atoms with E-state index < -0.39 is 5.41 Å². The summed E-state index contributed by atoms with van der Waals surface area (Å²) in [5, 5.41) is 0. The second-order valence-electron chi connectivity index (χ2n) is 4.21. The predicted molar refractivity (Wildman–Crippen MR) is 51.8 cm³/mol. The van der Waals surface area contributed by atoms with E-state index in [9.17, 15) is 9.59 Å². The highest BCUT2D eigenvalue weighted by Crippen LogP contribution is 2.53. The third-order valence-corrected chi connectivity index (χ3v) is 3.46. The van der Waals surface area contributed by atoms with Gasteiger partial charge >= 0.3 is 11.9 Å². The average molecular weight is 210 g/mol. The van der Waals surface area contributed by atoms with Crippen LogP contribution in [0, 0.1) is 17.3 Å². The topological polar surface area (TPSA) is 52.6 Å². The van der Waals surface area contributed by atoms with Gasteiger partial charge in [0.1, 0.15) is 0 Å². The number of hydrogen-bond acceptors (Lipinski definition) is 4. The minimum absolute atomic E-state index is 0.136. The zero-order valence-corrected chi connectivity index (χ0v) is 8.86. The molecule has 2 aliphatic carbocycles. The maximum atomic E-state index is 11.6. The van der Waals surface area contributed by atoms with Crippen molar-refractivity contribution in [3.05, 3.63) is 12.2 Å². The van der Waals surface area contributed by atoms with Crippen molar-refractivity contribution in [2.45, 2.75) is 12.8 Å². The Balaban J connectivity index is 2.19. The molecule has 82 valence electrons. The molecule has 1 fully saturated rings. The van der Waals surface area contributed by atoms with Crippen LogP contribution in [0.2, 0.25) is 0 Å². The summed E-state index contributed by atoms with van der Waals surface area (Å²) >= 11 is 0. The molecule has 3 unspecified atom stereocenters. The first-order chi connectivity index (χ1) is 7.13. The van der Waals surface area contributed by atoms with Crippen LogP contribution in [0.3, 0.4) is 0 Å². The Morgan fingerprint density at radius 2 is 2.00 bits per heavy atom. The van der Waals surface area contributed by atoms with Gasteiger partial charge in [-0.05, 0) is 18.8 Å². The largest absolute Gasteiger partial charge is 0.469 e. The first-order valence-electron chi connectivity index (χ1n) is 4.98. The third kappa shape index (κ3) is 1.35. The Morgan fingerprint density at radius 3 is 2.60 bits per heavy atom. The highest BCUT2D eigenvalue weighted by atomic mass is 16.5. The summed E-state index contributed by atoms with van der Waals surface area (Å²) < 4.78 is 9.49. The van der Waals surface area contributed by atoms with Gasteiger partial charge in [0, 0.05) is 0 Å². The molecule has 0 spiro atoms. The van der Waals surface area contributed by atoms with Gasteiger partial charge in [-0.2, -0.15) is 0 Å². The maximum absolute atomic E-state index is 11.6. The van der Waals surface area contributed by atoms with Crippen LogP contribution in [0.5, 0.6) is 0 Å². The molecule has 0 radical (unpaired) electrons. The van der Waals surface area contributed by atoms with Gasteiger partial charge in [-0.3, -0.25) is 9.59 Å². The number of carbonyl (C=O) groups excluding carboxylic acids is 2. The lowest BCUT2D eigenvalue weighted by molar-refractivity contribution is -0.150. The molecule has 2 aliphatic rings. The number of hydrogen-bond donors (Lipinski definition) is 0. The molecule has 0 amide bonds. The number of allylic oxidation sites excluding steroid dienone is 1. The Kier molecular flexibility index (Phi) is 2.29. The van der Waals surface area contributed by atoms with E-state index >= 15 is 0 Å². The van der Waals surface area contributed by atoms with Gasteiger partial charge < -0.3 is 9.47 Å². The quantitative estimate of drug-likeness (QED) is 0.502. The molecule has 0 heterocycles. The second kappa shape index (κ2) is 3.36. The molecule has 4 nitrogen and oxygen atoms in total. The van der Waals surface area contributed by atoms with E-state index in [1.165, 1.54) is 14.2 Å². The molecular formula is C11H14O4. The number of carbonyl (C=O) groups is 2. The SMILES string of the molecule is COC(=O)C1CC2(C(=O)OC)C=CC1C2. The van der Waals surface area contributed by atoms with Crippen molar-refractivity contribution in [2.75, 3.05) is 14.2 Å². The molecule has 0 N–H and O–H groups in total. The lowest BCUT2D eigenvalue weighted by Gasteiger charge is -2.22. The van der Waals surface area contributed by atoms with Crippen molar-refractivity contribution in [1.82, 2.24) is 0 Å². The number of esters is 2. The standard InChI is InChI=1S/C11H14O4/c1-14-9(12)8-6-11(10(13)15-2)4-3-7(8)5-11/h3-4,7-8H,5-6H2,1-2H3. The predicted octanol–water partition coefficient (Wildman–Crippen LogP) is 0.915. The van der Waals surface area contributed by atoms with E-state index in [0.717, 1.165) is 0 Å². The van der Waals surface area contributed by atoms with Crippen molar-refractivity contribution >= 4 is 11.9 Å². The van der Waals surface area contributed by atoms with Crippen LogP contribution in [0.4, 0.5) is 0 Å². The highest BCUT2D eigenvalue weighted by Gasteiger charge is 2.54. The van der Waals surface area contributed by atoms with Crippen molar-refractivity contribution in [3.63, 3.8) is 0 Å². The Bertz CT molecular complexity index is 333. The average Bonchev–Trinajstić information content (AvgIpc) is 2.85. The first kappa shape index (κ1) is 10.2. The van der Waals surface area contributed by atoms with Crippen LogP contribution in [0.15, 0.2) is 12.2 Å². The lowest BCUT2D eigenvalue weighted by Crippen LogP contribution is -2.29. The van der Waals surface area contributed by atoms with E-state index in [1.54, 1.807) is 0 Å². The first-order valence-corrected chi connectivity index (χ1v) is 4.98. The van der Waals surface area contributed by atoms with Crippen molar-refractivity contribution in [2.24, 2.45) is 17.3 Å². The fraction of sp³-hybridized carbons (Fsp3) is 0.636. The van der Waals surface area contributed by atoms with E-state index in [-0.39, 0.29) is 23.8 Å². The minimum Gasteiger partial charge on any atom is -0.469 e. The maximum Gasteiger partial charge on any atom is 0.315 e. The van der Waals surface area contributed by atoms with Gasteiger partial charge in [0.2, 0.25) is 0 Å². The fourth-order valence-electron chi connectivity index (χ4n) is 2.68. The van der Waals surface area contributed by atoms with E-state index in [4.69, 9.17) is 9.47 Å². The molecule has 2 bridgehead atoms. The Hall–Kier alpha value is -1.32. The van der Waals surface area contributed by atoms with Crippen molar-refractivity contribution in [1.29, 1.82) is 0 Å². The summed E-state index contributed by atoms with van der Waals surface area (Å²) in [6, 6.07) is 0. The lowest BCUT2D eigenvalue weighted by atomic mass is 9.84. The summed E-state index contributed by atoms with van der Waals surface area (Å²) in [5.74, 6) is -0.515. The molecule has 1 saturated carbocycles. The normalized spacial score (nSPS) is 36.7. The number of fused-ring (bicyclic) bond motifs is 2. The van der Waals surface area contributed by atoms with E-state index in [0.29, 0.717) is 12.8 Å². The van der Waals surface area contributed by atoms with Gasteiger partial charge in [-0.15, -0.1) is 0 Å². The monoisotopic (exact) mass is 210 g/mol. The van der Waals surface area contributed by atoms with Gasteiger partial charge in [0.05, 0.1) is 25.6 Å². The van der Waals surface area contributed by atoms with Gasteiger partial charge in [0.25, 0.3) is 0 Å². The highest BCUT2D eigenvalue weighted by molar-refractivity contribution is 5.84. The molecule has 15 heavy (non-hydrogen) atoms. The van der Waals surface area contributed by atoms with Crippen molar-refractivity contribution in [3.8, 4) is 0 Å². The smallest absolute Gasteiger partial charge is 0.315 e. The van der Waals surface area contributed by atoms with Gasteiger partial charge in [-0.25, -0.2) is 0 Å². The Labute approximate surface area is 88.2 Å². The zero-order valence-electron chi connectivity index (χ0n) is 8.86. The summed E-state index contributed by atoms with van der Waals surface area (Å²) in [4.78, 5) is 23.1. The van der Waals surface area contributed by atoms with E-state index in [2.05, 4.69) is 0 Å². The van der Waals surface area contributed by atoms with Crippen LogP contribution >= 0.6 is 0 Å². The number of methoxy groups -OCH3 is 2.